The second-order valence-electron chi connectivity index (χ2n) is 7.18. The van der Waals surface area contributed by atoms with Crippen LogP contribution in [0.1, 0.15) is 17.2 Å². The molecule has 1 saturated heterocycles. The van der Waals surface area contributed by atoms with Crippen LogP contribution in [0.3, 0.4) is 0 Å². The molecular weight excluding hydrogens is 376 g/mol. The maximum atomic E-state index is 13.2. The highest BCUT2D eigenvalue weighted by atomic mass is 16.2. The number of amides is 2. The van der Waals surface area contributed by atoms with Gasteiger partial charge in [0, 0.05) is 29.7 Å². The number of hydrogen-bond acceptors (Lipinski definition) is 4. The molecule has 150 valence electrons. The molecule has 1 aromatic heterocycles. The van der Waals surface area contributed by atoms with Gasteiger partial charge in [0.2, 0.25) is 0 Å². The molecule has 2 aromatic carbocycles. The Morgan fingerprint density at radius 3 is 2.47 bits per heavy atom. The van der Waals surface area contributed by atoms with Crippen molar-refractivity contribution in [3.8, 4) is 0 Å². The van der Waals surface area contributed by atoms with Gasteiger partial charge in [0.1, 0.15) is 0 Å². The van der Waals surface area contributed by atoms with E-state index in [2.05, 4.69) is 10.3 Å². The van der Waals surface area contributed by atoms with Crippen molar-refractivity contribution < 1.29 is 9.59 Å². The first-order valence-corrected chi connectivity index (χ1v) is 9.72. The largest absolute Gasteiger partial charge is 0.399 e. The molecule has 1 aliphatic heterocycles. The van der Waals surface area contributed by atoms with Crippen LogP contribution in [-0.4, -0.2) is 34.8 Å². The van der Waals surface area contributed by atoms with Gasteiger partial charge in [-0.2, -0.15) is 0 Å². The van der Waals surface area contributed by atoms with Crippen LogP contribution >= 0.6 is 0 Å². The number of ketones is 1. The van der Waals surface area contributed by atoms with Crippen molar-refractivity contribution in [1.82, 2.24) is 9.88 Å². The molecule has 0 radical (unpaired) electrons. The van der Waals surface area contributed by atoms with Crippen LogP contribution in [0.5, 0.6) is 0 Å². The van der Waals surface area contributed by atoms with Crippen molar-refractivity contribution >= 4 is 29.3 Å². The minimum atomic E-state index is -0.424. The number of nitrogens with zero attached hydrogens (tertiary/aromatic N) is 2. The average Bonchev–Trinajstić information content (AvgIpc) is 2.78. The van der Waals surface area contributed by atoms with Gasteiger partial charge in [-0.05, 0) is 48.0 Å². The van der Waals surface area contributed by atoms with Crippen LogP contribution in [-0.2, 0) is 4.79 Å². The Morgan fingerprint density at radius 2 is 1.77 bits per heavy atom. The van der Waals surface area contributed by atoms with Gasteiger partial charge < -0.3 is 16.0 Å². The molecule has 1 atom stereocenters. The first-order chi connectivity index (χ1) is 14.6. The van der Waals surface area contributed by atoms with Gasteiger partial charge in [0.15, 0.2) is 5.78 Å². The van der Waals surface area contributed by atoms with Crippen molar-refractivity contribution in [2.75, 3.05) is 24.1 Å². The van der Waals surface area contributed by atoms with Crippen LogP contribution in [0.25, 0.3) is 6.08 Å². The Morgan fingerprint density at radius 1 is 1.03 bits per heavy atom. The Hall–Kier alpha value is -3.93. The smallest absolute Gasteiger partial charge is 0.322 e. The van der Waals surface area contributed by atoms with E-state index in [0.717, 1.165) is 5.56 Å². The Labute approximate surface area is 175 Å². The highest BCUT2D eigenvalue weighted by molar-refractivity contribution is 6.06. The summed E-state index contributed by atoms with van der Waals surface area (Å²) in [4.78, 5) is 32.1. The van der Waals surface area contributed by atoms with Crippen molar-refractivity contribution in [2.45, 2.75) is 5.92 Å². The fourth-order valence-electron chi connectivity index (χ4n) is 3.50. The summed E-state index contributed by atoms with van der Waals surface area (Å²) >= 11 is 0. The summed E-state index contributed by atoms with van der Waals surface area (Å²) in [6.07, 6.45) is 3.45. The zero-order valence-corrected chi connectivity index (χ0v) is 16.4. The second-order valence-corrected chi connectivity index (χ2v) is 7.18. The fourth-order valence-corrected chi connectivity index (χ4v) is 3.50. The van der Waals surface area contributed by atoms with Gasteiger partial charge in [-0.1, -0.05) is 36.4 Å². The Kier molecular flexibility index (Phi) is 5.57. The number of piperidine rings is 1. The maximum Gasteiger partial charge on any atom is 0.322 e. The number of likely N-dealkylation sites (tertiary alicyclic amines) is 1. The van der Waals surface area contributed by atoms with Crippen molar-refractivity contribution in [3.63, 3.8) is 0 Å². The molecular formula is C24H22N4O2. The van der Waals surface area contributed by atoms with E-state index in [1.54, 1.807) is 41.4 Å². The zero-order valence-electron chi connectivity index (χ0n) is 16.4. The van der Waals surface area contributed by atoms with Crippen molar-refractivity contribution in [3.05, 3.63) is 95.8 Å². The maximum absolute atomic E-state index is 13.2. The molecule has 30 heavy (non-hydrogen) atoms. The van der Waals surface area contributed by atoms with Crippen LogP contribution in [0.4, 0.5) is 16.2 Å². The predicted octanol–water partition coefficient (Wildman–Crippen LogP) is 3.95. The SMILES string of the molecule is Nc1ccc(NC(=O)N2CC(=Cc3ccccn3)C(=O)C(c3ccccc3)C2)cc1. The quantitative estimate of drug-likeness (QED) is 0.517. The van der Waals surface area contributed by atoms with Crippen molar-refractivity contribution in [1.29, 1.82) is 0 Å². The number of aromatic nitrogens is 1. The lowest BCUT2D eigenvalue weighted by Crippen LogP contribution is -2.46. The van der Waals surface area contributed by atoms with Crippen LogP contribution in [0.15, 0.2) is 84.6 Å². The number of urea groups is 1. The summed E-state index contributed by atoms with van der Waals surface area (Å²) in [5.41, 5.74) is 9.13. The molecule has 3 N–H and O–H groups in total. The fraction of sp³-hybridized carbons (Fsp3) is 0.125. The standard InChI is InChI=1S/C24H22N4O2/c25-19-9-11-20(12-10-19)27-24(30)28-15-18(14-21-8-4-5-13-26-21)23(29)22(16-28)17-6-2-1-3-7-17/h1-14,22H,15-16,25H2,(H,27,30). The number of nitrogens with two attached hydrogens (primary N) is 1. The number of nitrogens with one attached hydrogen (secondary N) is 1. The van der Waals surface area contributed by atoms with E-state index in [9.17, 15) is 9.59 Å². The Balaban J connectivity index is 1.63. The molecule has 3 aromatic rings. The second kappa shape index (κ2) is 8.61. The normalized spacial score (nSPS) is 17.7. The lowest BCUT2D eigenvalue weighted by molar-refractivity contribution is -0.118. The molecule has 2 amide bonds. The first-order valence-electron chi connectivity index (χ1n) is 9.72. The third kappa shape index (κ3) is 4.38. The monoisotopic (exact) mass is 398 g/mol. The number of carbonyl (C=O) groups excluding carboxylic acids is 2. The van der Waals surface area contributed by atoms with E-state index in [1.165, 1.54) is 0 Å². The van der Waals surface area contributed by atoms with Gasteiger partial charge in [-0.25, -0.2) is 4.79 Å². The topological polar surface area (TPSA) is 88.3 Å². The van der Waals surface area contributed by atoms with Crippen LogP contribution in [0.2, 0.25) is 0 Å². The molecule has 0 aliphatic carbocycles. The number of rotatable bonds is 3. The number of pyridine rings is 1. The minimum Gasteiger partial charge on any atom is -0.399 e. The third-order valence-corrected chi connectivity index (χ3v) is 5.06. The number of anilines is 2. The zero-order chi connectivity index (χ0) is 20.9. The molecule has 0 spiro atoms. The third-order valence-electron chi connectivity index (χ3n) is 5.06. The number of Topliss-reactive ketones (excluding diaryl/α,β-unsaturated/α-hetero) is 1. The number of benzene rings is 2. The van der Waals surface area contributed by atoms with E-state index in [0.29, 0.717) is 29.2 Å². The highest BCUT2D eigenvalue weighted by Gasteiger charge is 2.34. The Bertz CT molecular complexity index is 1060. The summed E-state index contributed by atoms with van der Waals surface area (Å²) in [7, 11) is 0. The van der Waals surface area contributed by atoms with Gasteiger partial charge in [-0.15, -0.1) is 0 Å². The highest BCUT2D eigenvalue weighted by Crippen LogP contribution is 2.28. The van der Waals surface area contributed by atoms with E-state index >= 15 is 0 Å². The first kappa shape index (κ1) is 19.4. The minimum absolute atomic E-state index is 0.0170. The summed E-state index contributed by atoms with van der Waals surface area (Å²) in [6.45, 7) is 0.531. The molecule has 6 nitrogen and oxygen atoms in total. The molecule has 1 fully saturated rings. The molecule has 2 heterocycles. The predicted molar refractivity (Wildman–Crippen MR) is 118 cm³/mol. The lowest BCUT2D eigenvalue weighted by atomic mass is 9.86. The lowest BCUT2D eigenvalue weighted by Gasteiger charge is -2.33. The van der Waals surface area contributed by atoms with E-state index < -0.39 is 5.92 Å². The molecule has 0 saturated carbocycles. The van der Waals surface area contributed by atoms with Gasteiger partial charge in [0.05, 0.1) is 18.2 Å². The average molecular weight is 398 g/mol. The molecule has 0 bridgehead atoms. The molecule has 1 aliphatic rings. The molecule has 6 heteroatoms. The number of nitrogen functional groups attached to an aromatic ring is 1. The number of carbonyl (C=O) groups is 2. The summed E-state index contributed by atoms with van der Waals surface area (Å²) < 4.78 is 0. The van der Waals surface area contributed by atoms with E-state index in [1.807, 2.05) is 48.5 Å². The van der Waals surface area contributed by atoms with E-state index in [4.69, 9.17) is 5.73 Å². The van der Waals surface area contributed by atoms with Crippen LogP contribution < -0.4 is 11.1 Å². The number of hydrogen-bond donors (Lipinski definition) is 2. The van der Waals surface area contributed by atoms with E-state index in [-0.39, 0.29) is 18.4 Å². The van der Waals surface area contributed by atoms with Gasteiger partial charge in [0.25, 0.3) is 0 Å². The van der Waals surface area contributed by atoms with Crippen molar-refractivity contribution in [2.24, 2.45) is 0 Å². The summed E-state index contributed by atoms with van der Waals surface area (Å²) in [6, 6.07) is 21.8. The molecule has 4 rings (SSSR count). The summed E-state index contributed by atoms with van der Waals surface area (Å²) in [5.74, 6) is -0.407. The summed E-state index contributed by atoms with van der Waals surface area (Å²) in [5, 5.41) is 2.89. The molecule has 1 unspecified atom stereocenters. The van der Waals surface area contributed by atoms with Gasteiger partial charge in [-0.3, -0.25) is 9.78 Å². The van der Waals surface area contributed by atoms with Crippen LogP contribution in [0, 0.1) is 0 Å². The van der Waals surface area contributed by atoms with Gasteiger partial charge >= 0.3 is 6.03 Å².